The monoisotopic (exact) mass is 378 g/mol. The minimum atomic E-state index is -0.216. The van der Waals surface area contributed by atoms with E-state index in [4.69, 9.17) is 17.3 Å². The van der Waals surface area contributed by atoms with E-state index in [1.165, 1.54) is 0 Å². The third-order valence-electron chi connectivity index (χ3n) is 3.51. The lowest BCUT2D eigenvalue weighted by atomic mass is 9.97. The van der Waals surface area contributed by atoms with Gasteiger partial charge in [-0.25, -0.2) is 0 Å². The van der Waals surface area contributed by atoms with Gasteiger partial charge in [0, 0.05) is 15.7 Å². The van der Waals surface area contributed by atoms with Crippen LogP contribution < -0.4 is 11.1 Å². The third kappa shape index (κ3) is 2.97. The van der Waals surface area contributed by atoms with Crippen molar-refractivity contribution in [3.8, 4) is 0 Å². The molecule has 98 valence electrons. The fraction of sp³-hybridized carbons (Fsp3) is 0.462. The van der Waals surface area contributed by atoms with Crippen molar-refractivity contribution in [2.75, 3.05) is 6.54 Å². The molecule has 1 saturated carbocycles. The van der Waals surface area contributed by atoms with Crippen molar-refractivity contribution in [2.24, 2.45) is 5.73 Å². The van der Waals surface area contributed by atoms with E-state index in [0.717, 1.165) is 29.3 Å². The van der Waals surface area contributed by atoms with Crippen LogP contribution in [0.15, 0.2) is 18.2 Å². The van der Waals surface area contributed by atoms with Crippen LogP contribution in [-0.2, 0) is 0 Å². The lowest BCUT2D eigenvalue weighted by Gasteiger charge is -2.28. The van der Waals surface area contributed by atoms with Crippen LogP contribution in [0.25, 0.3) is 0 Å². The molecule has 3 nitrogen and oxygen atoms in total. The maximum absolute atomic E-state index is 12.2. The Kier molecular flexibility index (Phi) is 4.50. The Morgan fingerprint density at radius 2 is 2.11 bits per heavy atom. The van der Waals surface area contributed by atoms with Crippen molar-refractivity contribution >= 4 is 40.1 Å². The first-order chi connectivity index (χ1) is 8.56. The molecule has 0 heterocycles. The van der Waals surface area contributed by atoms with Crippen molar-refractivity contribution in [1.82, 2.24) is 5.32 Å². The summed E-state index contributed by atoms with van der Waals surface area (Å²) in [5.41, 5.74) is 6.19. The fourth-order valence-corrected chi connectivity index (χ4v) is 2.90. The molecule has 0 aliphatic heterocycles. The summed E-state index contributed by atoms with van der Waals surface area (Å²) in [5.74, 6) is -0.0827. The van der Waals surface area contributed by atoms with Gasteiger partial charge in [0.15, 0.2) is 0 Å². The molecule has 18 heavy (non-hydrogen) atoms. The predicted molar refractivity (Wildman–Crippen MR) is 81.9 cm³/mol. The van der Waals surface area contributed by atoms with Gasteiger partial charge >= 0.3 is 0 Å². The van der Waals surface area contributed by atoms with Crippen molar-refractivity contribution in [2.45, 2.75) is 31.2 Å². The number of nitrogens with one attached hydrogen (secondary N) is 1. The van der Waals surface area contributed by atoms with Crippen LogP contribution in [0.1, 0.15) is 36.0 Å². The molecule has 1 aliphatic carbocycles. The molecule has 3 N–H and O–H groups in total. The number of hydrogen-bond acceptors (Lipinski definition) is 2. The summed E-state index contributed by atoms with van der Waals surface area (Å²) in [6.07, 6.45) is 4.19. The first-order valence-corrected chi connectivity index (χ1v) is 7.50. The molecule has 0 bridgehead atoms. The minimum absolute atomic E-state index is 0.0827. The molecular formula is C13H16ClIN2O. The number of rotatable bonds is 3. The van der Waals surface area contributed by atoms with Crippen molar-refractivity contribution < 1.29 is 4.79 Å². The predicted octanol–water partition coefficient (Wildman–Crippen LogP) is 2.95. The van der Waals surface area contributed by atoms with Crippen LogP contribution in [0.3, 0.4) is 0 Å². The Bertz CT molecular complexity index is 458. The van der Waals surface area contributed by atoms with Gasteiger partial charge in [-0.1, -0.05) is 24.4 Å². The maximum Gasteiger partial charge on any atom is 0.251 e. The standard InChI is InChI=1S/C13H16ClIN2O/c14-10-7-9(3-4-11(10)15)12(18)17-13(8-16)5-1-2-6-13/h3-4,7H,1-2,5-6,8,16H2,(H,17,18). The topological polar surface area (TPSA) is 55.1 Å². The van der Waals surface area contributed by atoms with Gasteiger partial charge in [0.1, 0.15) is 0 Å². The Balaban J connectivity index is 2.13. The normalized spacial score (nSPS) is 17.7. The molecule has 1 fully saturated rings. The summed E-state index contributed by atoms with van der Waals surface area (Å²) < 4.78 is 0.945. The van der Waals surface area contributed by atoms with Gasteiger partial charge in [0.25, 0.3) is 5.91 Å². The number of carbonyl (C=O) groups is 1. The molecular weight excluding hydrogens is 363 g/mol. The molecule has 1 aromatic rings. The Hall–Kier alpha value is -0.330. The summed E-state index contributed by atoms with van der Waals surface area (Å²) in [6, 6.07) is 5.35. The highest BCUT2D eigenvalue weighted by atomic mass is 127. The SMILES string of the molecule is NCC1(NC(=O)c2ccc(I)c(Cl)c2)CCCC1. The zero-order valence-electron chi connectivity index (χ0n) is 10.0. The summed E-state index contributed by atoms with van der Waals surface area (Å²) >= 11 is 8.17. The van der Waals surface area contributed by atoms with Crippen LogP contribution in [0.2, 0.25) is 5.02 Å². The van der Waals surface area contributed by atoms with E-state index < -0.39 is 0 Å². The number of carbonyl (C=O) groups excluding carboxylic acids is 1. The fourth-order valence-electron chi connectivity index (χ4n) is 2.38. The molecule has 0 radical (unpaired) electrons. The van der Waals surface area contributed by atoms with Crippen LogP contribution in [-0.4, -0.2) is 18.0 Å². The van der Waals surface area contributed by atoms with Gasteiger partial charge in [0.2, 0.25) is 0 Å². The molecule has 0 aromatic heterocycles. The van der Waals surface area contributed by atoms with E-state index in [1.54, 1.807) is 12.1 Å². The summed E-state index contributed by atoms with van der Waals surface area (Å²) in [4.78, 5) is 12.2. The van der Waals surface area contributed by atoms with E-state index in [2.05, 4.69) is 27.9 Å². The van der Waals surface area contributed by atoms with Crippen molar-refractivity contribution in [3.05, 3.63) is 32.4 Å². The average Bonchev–Trinajstić information content (AvgIpc) is 2.82. The number of hydrogen-bond donors (Lipinski definition) is 2. The molecule has 1 aromatic carbocycles. The first-order valence-electron chi connectivity index (χ1n) is 6.04. The van der Waals surface area contributed by atoms with Gasteiger partial charge in [-0.2, -0.15) is 0 Å². The highest BCUT2D eigenvalue weighted by Crippen LogP contribution is 2.29. The average molecular weight is 379 g/mol. The van der Waals surface area contributed by atoms with E-state index in [1.807, 2.05) is 6.07 Å². The van der Waals surface area contributed by atoms with Crippen LogP contribution >= 0.6 is 34.2 Å². The van der Waals surface area contributed by atoms with Crippen molar-refractivity contribution in [1.29, 1.82) is 0 Å². The molecule has 0 saturated heterocycles. The van der Waals surface area contributed by atoms with Gasteiger partial charge in [-0.05, 0) is 53.6 Å². The van der Waals surface area contributed by atoms with Crippen LogP contribution in [0.4, 0.5) is 0 Å². The highest BCUT2D eigenvalue weighted by Gasteiger charge is 2.34. The van der Waals surface area contributed by atoms with Gasteiger partial charge < -0.3 is 11.1 Å². The Labute approximate surface area is 126 Å². The van der Waals surface area contributed by atoms with Gasteiger partial charge in [-0.15, -0.1) is 0 Å². The van der Waals surface area contributed by atoms with E-state index in [-0.39, 0.29) is 11.4 Å². The highest BCUT2D eigenvalue weighted by molar-refractivity contribution is 14.1. The maximum atomic E-state index is 12.2. The summed E-state index contributed by atoms with van der Waals surface area (Å²) in [5, 5.41) is 3.69. The molecule has 1 amide bonds. The number of nitrogens with two attached hydrogens (primary N) is 1. The molecule has 0 unspecified atom stereocenters. The Morgan fingerprint density at radius 3 is 2.67 bits per heavy atom. The van der Waals surface area contributed by atoms with E-state index in [0.29, 0.717) is 17.1 Å². The summed E-state index contributed by atoms with van der Waals surface area (Å²) in [7, 11) is 0. The smallest absolute Gasteiger partial charge is 0.251 e. The van der Waals surface area contributed by atoms with Crippen molar-refractivity contribution in [3.63, 3.8) is 0 Å². The lowest BCUT2D eigenvalue weighted by molar-refractivity contribution is 0.0903. The quantitative estimate of drug-likeness (QED) is 0.795. The number of benzene rings is 1. The zero-order valence-corrected chi connectivity index (χ0v) is 12.9. The third-order valence-corrected chi connectivity index (χ3v) is 5.08. The first kappa shape index (κ1) is 14.1. The molecule has 0 atom stereocenters. The second kappa shape index (κ2) is 5.75. The van der Waals surface area contributed by atoms with E-state index >= 15 is 0 Å². The molecule has 1 aliphatic rings. The van der Waals surface area contributed by atoms with Gasteiger partial charge in [0.05, 0.1) is 10.6 Å². The number of halogens is 2. The largest absolute Gasteiger partial charge is 0.345 e. The zero-order chi connectivity index (χ0) is 13.2. The van der Waals surface area contributed by atoms with Crippen LogP contribution in [0, 0.1) is 3.57 Å². The van der Waals surface area contributed by atoms with Gasteiger partial charge in [-0.3, -0.25) is 4.79 Å². The second-order valence-electron chi connectivity index (χ2n) is 4.77. The second-order valence-corrected chi connectivity index (χ2v) is 6.34. The minimum Gasteiger partial charge on any atom is -0.345 e. The lowest BCUT2D eigenvalue weighted by Crippen LogP contribution is -2.51. The molecule has 0 spiro atoms. The number of amides is 1. The molecule has 2 rings (SSSR count). The molecule has 5 heteroatoms. The van der Waals surface area contributed by atoms with Crippen LogP contribution in [0.5, 0.6) is 0 Å². The summed E-state index contributed by atoms with van der Waals surface area (Å²) in [6.45, 7) is 0.497. The Morgan fingerprint density at radius 1 is 1.44 bits per heavy atom. The van der Waals surface area contributed by atoms with E-state index in [9.17, 15) is 4.79 Å².